The normalized spacial score (nSPS) is 21.8. The number of fused-ring (bicyclic) bond motifs is 1. The number of hydrogen-bond donors (Lipinski definition) is 3. The van der Waals surface area contributed by atoms with Gasteiger partial charge in [-0.15, -0.1) is 12.4 Å². The van der Waals surface area contributed by atoms with Crippen LogP contribution in [0.1, 0.15) is 25.7 Å². The second-order valence-corrected chi connectivity index (χ2v) is 5.30. The maximum absolute atomic E-state index is 10.7. The van der Waals surface area contributed by atoms with E-state index in [9.17, 15) is 10.1 Å². The van der Waals surface area contributed by atoms with Crippen molar-refractivity contribution in [1.29, 1.82) is 0 Å². The van der Waals surface area contributed by atoms with Gasteiger partial charge in [0.05, 0.1) is 16.0 Å². The van der Waals surface area contributed by atoms with Crippen LogP contribution in [-0.2, 0) is 0 Å². The van der Waals surface area contributed by atoms with Gasteiger partial charge < -0.3 is 16.0 Å². The van der Waals surface area contributed by atoms with E-state index < -0.39 is 4.92 Å². The molecule has 1 fully saturated rings. The molecular weight excluding hydrogens is 294 g/mol. The number of aromatic nitrogens is 2. The van der Waals surface area contributed by atoms with Crippen LogP contribution in [0.4, 0.5) is 11.6 Å². The number of nitro groups is 1. The zero-order valence-corrected chi connectivity index (χ0v) is 12.2. The lowest BCUT2D eigenvalue weighted by Gasteiger charge is -2.26. The summed E-state index contributed by atoms with van der Waals surface area (Å²) in [5, 5.41) is 14.1. The summed E-state index contributed by atoms with van der Waals surface area (Å²) in [5.41, 5.74) is 7.35. The predicted octanol–water partition coefficient (Wildman–Crippen LogP) is 2.57. The standard InChI is InChI=1S/C13H17N5O2.ClH/c14-8-1-3-9(4-2-8)15-13-16-11-6-5-10(18(19)20)7-12(11)17-13;/h5-9H,1-4,14H2,(H2,15,16,17);1H. The zero-order valence-electron chi connectivity index (χ0n) is 11.4. The maximum Gasteiger partial charge on any atom is 0.271 e. The second-order valence-electron chi connectivity index (χ2n) is 5.30. The van der Waals surface area contributed by atoms with Crippen LogP contribution in [0.2, 0.25) is 0 Å². The first-order chi connectivity index (χ1) is 9.61. The third-order valence-corrected chi connectivity index (χ3v) is 3.79. The van der Waals surface area contributed by atoms with Crippen molar-refractivity contribution in [3.8, 4) is 0 Å². The molecule has 0 atom stereocenters. The van der Waals surface area contributed by atoms with Crippen LogP contribution in [0.3, 0.4) is 0 Å². The molecule has 7 nitrogen and oxygen atoms in total. The first kappa shape index (κ1) is 15.5. The smallest absolute Gasteiger partial charge is 0.271 e. The van der Waals surface area contributed by atoms with Gasteiger partial charge in [-0.05, 0) is 31.7 Å². The van der Waals surface area contributed by atoms with Crippen LogP contribution < -0.4 is 11.1 Å². The Balaban J connectivity index is 0.00000161. The summed E-state index contributed by atoms with van der Waals surface area (Å²) in [5.74, 6) is 0.668. The van der Waals surface area contributed by atoms with Gasteiger partial charge in [-0.3, -0.25) is 10.1 Å². The quantitative estimate of drug-likeness (QED) is 0.596. The van der Waals surface area contributed by atoms with E-state index in [1.165, 1.54) is 12.1 Å². The lowest BCUT2D eigenvalue weighted by Crippen LogP contribution is -2.33. The lowest BCUT2D eigenvalue weighted by atomic mass is 9.92. The van der Waals surface area contributed by atoms with Gasteiger partial charge in [-0.1, -0.05) is 0 Å². The molecular formula is C13H18ClN5O2. The highest BCUT2D eigenvalue weighted by Gasteiger charge is 2.19. The number of aromatic amines is 1. The molecule has 8 heteroatoms. The summed E-state index contributed by atoms with van der Waals surface area (Å²) in [4.78, 5) is 17.8. The van der Waals surface area contributed by atoms with Crippen molar-refractivity contribution in [2.24, 2.45) is 5.73 Å². The van der Waals surface area contributed by atoms with Crippen molar-refractivity contribution in [3.05, 3.63) is 28.3 Å². The first-order valence-electron chi connectivity index (χ1n) is 6.78. The molecule has 1 heterocycles. The van der Waals surface area contributed by atoms with Gasteiger partial charge in [0.1, 0.15) is 0 Å². The first-order valence-corrected chi connectivity index (χ1v) is 6.78. The van der Waals surface area contributed by atoms with E-state index in [4.69, 9.17) is 5.73 Å². The highest BCUT2D eigenvalue weighted by atomic mass is 35.5. The Morgan fingerprint density at radius 3 is 2.71 bits per heavy atom. The van der Waals surface area contributed by atoms with Gasteiger partial charge in [-0.2, -0.15) is 0 Å². The Hall–Kier alpha value is -1.86. The number of H-pyrrole nitrogens is 1. The molecule has 1 aromatic carbocycles. The van der Waals surface area contributed by atoms with Gasteiger partial charge in [0.2, 0.25) is 5.95 Å². The van der Waals surface area contributed by atoms with Crippen LogP contribution in [0, 0.1) is 10.1 Å². The molecule has 0 unspecified atom stereocenters. The molecule has 0 amide bonds. The number of hydrogen-bond acceptors (Lipinski definition) is 5. The minimum absolute atomic E-state index is 0. The van der Waals surface area contributed by atoms with Gasteiger partial charge in [0, 0.05) is 24.2 Å². The van der Waals surface area contributed by atoms with Crippen LogP contribution in [-0.4, -0.2) is 27.0 Å². The van der Waals surface area contributed by atoms with Crippen molar-refractivity contribution in [2.45, 2.75) is 37.8 Å². The Kier molecular flexibility index (Phi) is 4.64. The fourth-order valence-corrected chi connectivity index (χ4v) is 2.64. The van der Waals surface area contributed by atoms with Crippen molar-refractivity contribution >= 4 is 35.1 Å². The van der Waals surface area contributed by atoms with Crippen LogP contribution >= 0.6 is 12.4 Å². The average molecular weight is 312 g/mol. The van der Waals surface area contributed by atoms with Gasteiger partial charge in [0.15, 0.2) is 0 Å². The molecule has 114 valence electrons. The van der Waals surface area contributed by atoms with Crippen molar-refractivity contribution in [2.75, 3.05) is 5.32 Å². The van der Waals surface area contributed by atoms with E-state index in [1.807, 2.05) is 0 Å². The topological polar surface area (TPSA) is 110 Å². The summed E-state index contributed by atoms with van der Waals surface area (Å²) < 4.78 is 0. The monoisotopic (exact) mass is 311 g/mol. The highest BCUT2D eigenvalue weighted by Crippen LogP contribution is 2.23. The molecule has 3 rings (SSSR count). The van der Waals surface area contributed by atoms with Gasteiger partial charge >= 0.3 is 0 Å². The number of non-ortho nitro benzene ring substituents is 1. The minimum atomic E-state index is -0.407. The van der Waals surface area contributed by atoms with Gasteiger partial charge in [-0.25, -0.2) is 4.98 Å². The molecule has 1 saturated carbocycles. The minimum Gasteiger partial charge on any atom is -0.353 e. The van der Waals surface area contributed by atoms with E-state index in [0.29, 0.717) is 23.5 Å². The lowest BCUT2D eigenvalue weighted by molar-refractivity contribution is -0.384. The van der Waals surface area contributed by atoms with Crippen molar-refractivity contribution < 1.29 is 4.92 Å². The van der Waals surface area contributed by atoms with E-state index in [1.54, 1.807) is 6.07 Å². The van der Waals surface area contributed by atoms with E-state index >= 15 is 0 Å². The number of anilines is 1. The summed E-state index contributed by atoms with van der Waals surface area (Å²) in [6, 6.07) is 5.31. The molecule has 2 aromatic rings. The highest BCUT2D eigenvalue weighted by molar-refractivity contribution is 5.85. The molecule has 21 heavy (non-hydrogen) atoms. The summed E-state index contributed by atoms with van der Waals surface area (Å²) in [7, 11) is 0. The number of imidazole rings is 1. The Morgan fingerprint density at radius 1 is 1.33 bits per heavy atom. The Morgan fingerprint density at radius 2 is 2.05 bits per heavy atom. The van der Waals surface area contributed by atoms with Crippen LogP contribution in [0.15, 0.2) is 18.2 Å². The Labute approximate surface area is 127 Å². The van der Waals surface area contributed by atoms with E-state index in [0.717, 1.165) is 31.2 Å². The molecule has 1 aromatic heterocycles. The largest absolute Gasteiger partial charge is 0.353 e. The molecule has 1 aliphatic carbocycles. The molecule has 0 bridgehead atoms. The van der Waals surface area contributed by atoms with Crippen LogP contribution in [0.5, 0.6) is 0 Å². The molecule has 4 N–H and O–H groups in total. The number of nitrogens with one attached hydrogen (secondary N) is 2. The number of halogens is 1. The van der Waals surface area contributed by atoms with Crippen molar-refractivity contribution in [1.82, 2.24) is 9.97 Å². The third kappa shape index (κ3) is 3.43. The number of nitrogens with two attached hydrogens (primary N) is 1. The van der Waals surface area contributed by atoms with E-state index in [-0.39, 0.29) is 18.1 Å². The summed E-state index contributed by atoms with van der Waals surface area (Å²) in [6.07, 6.45) is 4.09. The van der Waals surface area contributed by atoms with Gasteiger partial charge in [0.25, 0.3) is 5.69 Å². The van der Waals surface area contributed by atoms with Crippen molar-refractivity contribution in [3.63, 3.8) is 0 Å². The molecule has 0 saturated heterocycles. The molecule has 0 aliphatic heterocycles. The number of rotatable bonds is 3. The van der Waals surface area contributed by atoms with Crippen LogP contribution in [0.25, 0.3) is 11.0 Å². The number of nitro benzene ring substituents is 1. The second kappa shape index (κ2) is 6.28. The summed E-state index contributed by atoms with van der Waals surface area (Å²) >= 11 is 0. The fraction of sp³-hybridized carbons (Fsp3) is 0.462. The fourth-order valence-electron chi connectivity index (χ4n) is 2.64. The predicted molar refractivity (Wildman–Crippen MR) is 83.9 cm³/mol. The van der Waals surface area contributed by atoms with E-state index in [2.05, 4.69) is 15.3 Å². The molecule has 1 aliphatic rings. The Bertz CT molecular complexity index is 637. The number of nitrogens with zero attached hydrogens (tertiary/aromatic N) is 2. The SMILES string of the molecule is Cl.NC1CCC(Nc2nc3ccc([N+](=O)[O-])cc3[nH]2)CC1. The average Bonchev–Trinajstić information content (AvgIpc) is 2.82. The summed E-state index contributed by atoms with van der Waals surface area (Å²) in [6.45, 7) is 0. The third-order valence-electron chi connectivity index (χ3n) is 3.79. The zero-order chi connectivity index (χ0) is 14.1. The molecule has 0 spiro atoms. The molecule has 0 radical (unpaired) electrons. The number of benzene rings is 1. The maximum atomic E-state index is 10.7.